The van der Waals surface area contributed by atoms with E-state index in [2.05, 4.69) is 33.9 Å². The van der Waals surface area contributed by atoms with Gasteiger partial charge in [0.05, 0.1) is 12.9 Å². The van der Waals surface area contributed by atoms with Crippen molar-refractivity contribution in [3.63, 3.8) is 0 Å². The van der Waals surface area contributed by atoms with Crippen LogP contribution in [0.4, 0.5) is 11.4 Å². The van der Waals surface area contributed by atoms with Gasteiger partial charge >= 0.3 is 0 Å². The largest absolute Gasteiger partial charge is 0.497 e. The Balaban J connectivity index is 1.43. The van der Waals surface area contributed by atoms with E-state index in [9.17, 15) is 8.42 Å². The molecule has 0 radical (unpaired) electrons. The molecule has 28 heavy (non-hydrogen) atoms. The van der Waals surface area contributed by atoms with Crippen LogP contribution in [0.15, 0.2) is 72.8 Å². The average Bonchev–Trinajstić information content (AvgIpc) is 3.12. The Kier molecular flexibility index (Phi) is 4.96. The molecule has 0 unspecified atom stereocenters. The van der Waals surface area contributed by atoms with Gasteiger partial charge in [0.15, 0.2) is 0 Å². The van der Waals surface area contributed by atoms with Crippen molar-refractivity contribution in [2.24, 2.45) is 0 Å². The molecule has 0 atom stereocenters. The molecule has 4 rings (SSSR count). The maximum Gasteiger partial charge on any atom is 0.236 e. The number of hydrogen-bond acceptors (Lipinski definition) is 4. The van der Waals surface area contributed by atoms with Crippen LogP contribution in [0.1, 0.15) is 16.7 Å². The number of fused-ring (bicyclic) bond motifs is 1. The fraction of sp³-hybridized carbons (Fsp3) is 0.182. The van der Waals surface area contributed by atoms with Gasteiger partial charge in [0.1, 0.15) is 5.75 Å². The Morgan fingerprint density at radius 3 is 2.25 bits per heavy atom. The zero-order valence-corrected chi connectivity index (χ0v) is 16.4. The van der Waals surface area contributed by atoms with Gasteiger partial charge in [-0.25, -0.2) is 8.42 Å². The van der Waals surface area contributed by atoms with Crippen LogP contribution in [0.2, 0.25) is 0 Å². The second-order valence-corrected chi connectivity index (χ2v) is 8.61. The first-order valence-corrected chi connectivity index (χ1v) is 10.7. The van der Waals surface area contributed by atoms with E-state index in [0.29, 0.717) is 17.0 Å². The monoisotopic (exact) mass is 394 g/mol. The average molecular weight is 394 g/mol. The normalized spacial score (nSPS) is 13.2. The van der Waals surface area contributed by atoms with Gasteiger partial charge < -0.3 is 9.64 Å². The Morgan fingerprint density at radius 2 is 1.61 bits per heavy atom. The number of methoxy groups -OCH3 is 1. The number of nitrogens with zero attached hydrogens (tertiary/aromatic N) is 1. The highest BCUT2D eigenvalue weighted by Crippen LogP contribution is 2.29. The van der Waals surface area contributed by atoms with Crippen LogP contribution < -0.4 is 14.4 Å². The van der Waals surface area contributed by atoms with E-state index >= 15 is 0 Å². The maximum atomic E-state index is 12.5. The molecule has 1 aliphatic heterocycles. The molecule has 5 nitrogen and oxygen atoms in total. The van der Waals surface area contributed by atoms with Gasteiger partial charge in [-0.15, -0.1) is 0 Å². The van der Waals surface area contributed by atoms with E-state index in [1.807, 2.05) is 12.1 Å². The number of anilines is 2. The Morgan fingerprint density at radius 1 is 0.929 bits per heavy atom. The summed E-state index contributed by atoms with van der Waals surface area (Å²) in [6.45, 7) is 1.74. The zero-order chi connectivity index (χ0) is 19.6. The van der Waals surface area contributed by atoms with Crippen LogP contribution in [-0.4, -0.2) is 15.5 Å². The molecule has 0 fully saturated rings. The molecular formula is C22H22N2O3S. The predicted octanol–water partition coefficient (Wildman–Crippen LogP) is 4.16. The highest BCUT2D eigenvalue weighted by atomic mass is 32.2. The molecule has 3 aromatic rings. The first kappa shape index (κ1) is 18.4. The Hall–Kier alpha value is -2.99. The summed E-state index contributed by atoms with van der Waals surface area (Å²) in [5.41, 5.74) is 4.99. The smallest absolute Gasteiger partial charge is 0.236 e. The third-order valence-corrected chi connectivity index (χ3v) is 6.10. The lowest BCUT2D eigenvalue weighted by molar-refractivity contribution is 0.414. The number of nitrogens with one attached hydrogen (secondary N) is 1. The molecule has 0 spiro atoms. The third-order valence-electron chi connectivity index (χ3n) is 4.84. The van der Waals surface area contributed by atoms with Crippen molar-refractivity contribution in [1.29, 1.82) is 0 Å². The van der Waals surface area contributed by atoms with Crippen molar-refractivity contribution in [1.82, 2.24) is 0 Å². The molecule has 3 aromatic carbocycles. The van der Waals surface area contributed by atoms with Crippen molar-refractivity contribution in [3.8, 4) is 5.75 Å². The molecule has 0 bridgehead atoms. The molecule has 1 N–H and O–H groups in total. The molecule has 1 heterocycles. The van der Waals surface area contributed by atoms with E-state index in [1.165, 1.54) is 11.1 Å². The number of sulfonamides is 1. The zero-order valence-electron chi connectivity index (χ0n) is 15.6. The van der Waals surface area contributed by atoms with E-state index in [1.54, 1.807) is 43.5 Å². The summed E-state index contributed by atoms with van der Waals surface area (Å²) in [5.74, 6) is 0.538. The summed E-state index contributed by atoms with van der Waals surface area (Å²) in [4.78, 5) is 2.28. The van der Waals surface area contributed by atoms with Crippen molar-refractivity contribution in [2.75, 3.05) is 16.7 Å². The highest BCUT2D eigenvalue weighted by Gasteiger charge is 2.19. The van der Waals surface area contributed by atoms with Crippen LogP contribution in [0.25, 0.3) is 0 Å². The molecule has 0 aliphatic carbocycles. The lowest BCUT2D eigenvalue weighted by Gasteiger charge is -2.18. The molecule has 0 aromatic heterocycles. The first-order chi connectivity index (χ1) is 13.5. The molecule has 0 amide bonds. The van der Waals surface area contributed by atoms with E-state index in [0.717, 1.165) is 18.8 Å². The Bertz CT molecular complexity index is 1050. The van der Waals surface area contributed by atoms with E-state index in [-0.39, 0.29) is 5.75 Å². The summed E-state index contributed by atoms with van der Waals surface area (Å²) >= 11 is 0. The second kappa shape index (κ2) is 7.56. The van der Waals surface area contributed by atoms with Gasteiger partial charge in [-0.2, -0.15) is 0 Å². The molecule has 1 aliphatic rings. The minimum atomic E-state index is -3.51. The molecule has 6 heteroatoms. The van der Waals surface area contributed by atoms with Gasteiger partial charge in [0, 0.05) is 24.5 Å². The third kappa shape index (κ3) is 4.12. The van der Waals surface area contributed by atoms with Crippen LogP contribution in [0, 0.1) is 0 Å². The fourth-order valence-electron chi connectivity index (χ4n) is 3.45. The summed E-state index contributed by atoms with van der Waals surface area (Å²) in [7, 11) is -1.95. The van der Waals surface area contributed by atoms with Crippen LogP contribution >= 0.6 is 0 Å². The first-order valence-electron chi connectivity index (χ1n) is 9.08. The number of rotatable bonds is 6. The quantitative estimate of drug-likeness (QED) is 0.682. The van der Waals surface area contributed by atoms with Gasteiger partial charge in [-0.1, -0.05) is 36.4 Å². The van der Waals surface area contributed by atoms with Crippen LogP contribution in [-0.2, 0) is 28.9 Å². The fourth-order valence-corrected chi connectivity index (χ4v) is 4.64. The lowest BCUT2D eigenvalue weighted by Crippen LogP contribution is -2.16. The van der Waals surface area contributed by atoms with Gasteiger partial charge in [0.25, 0.3) is 0 Å². The SMILES string of the molecule is COc1cccc(CS(=O)(=O)Nc2ccc(N3Cc4ccccc4C3)cc2)c1. The van der Waals surface area contributed by atoms with Crippen molar-refractivity contribution >= 4 is 21.4 Å². The minimum Gasteiger partial charge on any atom is -0.497 e. The van der Waals surface area contributed by atoms with Crippen molar-refractivity contribution in [2.45, 2.75) is 18.8 Å². The van der Waals surface area contributed by atoms with Gasteiger partial charge in [-0.05, 0) is 53.1 Å². The molecular weight excluding hydrogens is 372 g/mol. The summed E-state index contributed by atoms with van der Waals surface area (Å²) in [6, 6.07) is 23.0. The summed E-state index contributed by atoms with van der Waals surface area (Å²) < 4.78 is 32.8. The standard InChI is InChI=1S/C22H22N2O3S/c1-27-22-8-4-5-17(13-22)16-28(25,26)23-20-9-11-21(12-10-20)24-14-18-6-2-3-7-19(18)15-24/h2-13,23H,14-16H2,1H3. The topological polar surface area (TPSA) is 58.6 Å². The Labute approximate surface area is 165 Å². The van der Waals surface area contributed by atoms with Crippen molar-refractivity contribution in [3.05, 3.63) is 89.5 Å². The maximum absolute atomic E-state index is 12.5. The van der Waals surface area contributed by atoms with E-state index < -0.39 is 10.0 Å². The number of benzene rings is 3. The van der Waals surface area contributed by atoms with Gasteiger partial charge in [-0.3, -0.25) is 4.72 Å². The molecule has 0 saturated carbocycles. The van der Waals surface area contributed by atoms with Gasteiger partial charge in [0.2, 0.25) is 10.0 Å². The number of hydrogen-bond donors (Lipinski definition) is 1. The van der Waals surface area contributed by atoms with Crippen LogP contribution in [0.3, 0.4) is 0 Å². The van der Waals surface area contributed by atoms with Crippen molar-refractivity contribution < 1.29 is 13.2 Å². The summed E-state index contributed by atoms with van der Waals surface area (Å²) in [6.07, 6.45) is 0. The predicted molar refractivity (Wildman–Crippen MR) is 112 cm³/mol. The lowest BCUT2D eigenvalue weighted by atomic mass is 10.1. The van der Waals surface area contributed by atoms with E-state index in [4.69, 9.17) is 4.74 Å². The highest BCUT2D eigenvalue weighted by molar-refractivity contribution is 7.91. The minimum absolute atomic E-state index is 0.104. The van der Waals surface area contributed by atoms with Crippen LogP contribution in [0.5, 0.6) is 5.75 Å². The molecule has 0 saturated heterocycles. The molecule has 144 valence electrons. The summed E-state index contributed by atoms with van der Waals surface area (Å²) in [5, 5.41) is 0. The second-order valence-electron chi connectivity index (χ2n) is 6.88. The number of ether oxygens (including phenoxy) is 1.